The van der Waals surface area contributed by atoms with Gasteiger partial charge in [-0.15, -0.1) is 0 Å². The molecule has 0 unspecified atom stereocenters. The fourth-order valence-electron chi connectivity index (χ4n) is 2.09. The van der Waals surface area contributed by atoms with Gasteiger partial charge in [0.25, 0.3) is 0 Å². The molecule has 0 radical (unpaired) electrons. The highest BCUT2D eigenvalue weighted by atomic mass is 79.9. The minimum Gasteiger partial charge on any atom is -0.507 e. The van der Waals surface area contributed by atoms with E-state index in [0.717, 1.165) is 10.0 Å². The van der Waals surface area contributed by atoms with Crippen LogP contribution in [-0.4, -0.2) is 32.7 Å². The molecule has 23 heavy (non-hydrogen) atoms. The van der Waals surface area contributed by atoms with E-state index >= 15 is 0 Å². The molecule has 0 aliphatic carbocycles. The molecule has 0 bridgehead atoms. The van der Waals surface area contributed by atoms with Crippen LogP contribution in [0.4, 0.5) is 0 Å². The van der Waals surface area contributed by atoms with Crippen molar-refractivity contribution >= 4 is 22.1 Å². The Morgan fingerprint density at radius 1 is 1.00 bits per heavy atom. The summed E-state index contributed by atoms with van der Waals surface area (Å²) < 4.78 is 16.8. The van der Waals surface area contributed by atoms with Crippen molar-refractivity contribution in [3.8, 4) is 23.0 Å². The number of hydrogen-bond donors (Lipinski definition) is 1. The van der Waals surface area contributed by atoms with Gasteiger partial charge in [0.15, 0.2) is 11.5 Å². The molecule has 0 aromatic heterocycles. The van der Waals surface area contributed by atoms with Crippen molar-refractivity contribution in [3.05, 3.63) is 45.9 Å². The summed E-state index contributed by atoms with van der Waals surface area (Å²) in [6, 6.07) is 8.77. The fourth-order valence-corrected chi connectivity index (χ4v) is 2.47. The van der Waals surface area contributed by atoms with Crippen molar-refractivity contribution in [2.45, 2.75) is 6.54 Å². The van der Waals surface area contributed by atoms with Crippen LogP contribution >= 0.6 is 15.9 Å². The zero-order valence-electron chi connectivity index (χ0n) is 13.2. The van der Waals surface area contributed by atoms with E-state index in [4.69, 9.17) is 14.2 Å². The van der Waals surface area contributed by atoms with Crippen LogP contribution < -0.4 is 14.2 Å². The van der Waals surface area contributed by atoms with Gasteiger partial charge in [-0.1, -0.05) is 15.9 Å². The molecule has 5 nitrogen and oxygen atoms in total. The lowest BCUT2D eigenvalue weighted by molar-refractivity contribution is 0.347. The lowest BCUT2D eigenvalue weighted by Gasteiger charge is -2.12. The summed E-state index contributed by atoms with van der Waals surface area (Å²) in [6.45, 7) is 0.384. The summed E-state index contributed by atoms with van der Waals surface area (Å²) in [5.74, 6) is 2.06. The van der Waals surface area contributed by atoms with Crippen molar-refractivity contribution in [1.29, 1.82) is 0 Å². The number of methoxy groups -OCH3 is 3. The SMILES string of the molecule is COc1cc(OC)c(OC)cc1CN=Cc1cc(Br)ccc1O. The van der Waals surface area contributed by atoms with E-state index in [0.29, 0.717) is 29.4 Å². The number of aromatic hydroxyl groups is 1. The molecule has 0 fully saturated rings. The maximum atomic E-state index is 9.81. The maximum Gasteiger partial charge on any atom is 0.164 e. The summed E-state index contributed by atoms with van der Waals surface area (Å²) in [6.07, 6.45) is 1.62. The zero-order valence-corrected chi connectivity index (χ0v) is 14.8. The minimum absolute atomic E-state index is 0.177. The van der Waals surface area contributed by atoms with Gasteiger partial charge in [0.2, 0.25) is 0 Å². The maximum absolute atomic E-state index is 9.81. The molecular weight excluding hydrogens is 362 g/mol. The Morgan fingerprint density at radius 3 is 2.30 bits per heavy atom. The Morgan fingerprint density at radius 2 is 1.65 bits per heavy atom. The average Bonchev–Trinajstić information content (AvgIpc) is 2.57. The molecule has 0 saturated heterocycles. The first-order chi connectivity index (χ1) is 11.1. The highest BCUT2D eigenvalue weighted by Gasteiger charge is 2.11. The molecule has 0 aliphatic rings. The van der Waals surface area contributed by atoms with E-state index < -0.39 is 0 Å². The smallest absolute Gasteiger partial charge is 0.164 e. The third kappa shape index (κ3) is 4.16. The van der Waals surface area contributed by atoms with Gasteiger partial charge >= 0.3 is 0 Å². The summed E-state index contributed by atoms with van der Waals surface area (Å²) in [5.41, 5.74) is 1.50. The van der Waals surface area contributed by atoms with Gasteiger partial charge in [-0.3, -0.25) is 4.99 Å². The second kappa shape index (κ2) is 7.87. The number of halogens is 1. The van der Waals surface area contributed by atoms with Crippen molar-refractivity contribution in [3.63, 3.8) is 0 Å². The van der Waals surface area contributed by atoms with E-state index in [1.54, 1.807) is 51.8 Å². The molecule has 0 saturated carbocycles. The molecule has 0 heterocycles. The molecule has 6 heteroatoms. The standard InChI is InChI=1S/C17H18BrNO4/c1-21-15-8-17(23-3)16(22-2)7-12(15)10-19-9-11-6-13(18)4-5-14(11)20/h4-9,20H,10H2,1-3H3. The predicted molar refractivity (Wildman–Crippen MR) is 93.2 cm³/mol. The number of hydrogen-bond acceptors (Lipinski definition) is 5. The van der Waals surface area contributed by atoms with E-state index in [-0.39, 0.29) is 5.75 Å². The molecule has 0 aliphatic heterocycles. The third-order valence-electron chi connectivity index (χ3n) is 3.27. The van der Waals surface area contributed by atoms with Crippen LogP contribution in [0.25, 0.3) is 0 Å². The van der Waals surface area contributed by atoms with Crippen LogP contribution in [0.2, 0.25) is 0 Å². The van der Waals surface area contributed by atoms with E-state index in [1.165, 1.54) is 0 Å². The van der Waals surface area contributed by atoms with E-state index in [1.807, 2.05) is 6.07 Å². The highest BCUT2D eigenvalue weighted by molar-refractivity contribution is 9.10. The summed E-state index contributed by atoms with van der Waals surface area (Å²) in [4.78, 5) is 4.37. The molecule has 122 valence electrons. The monoisotopic (exact) mass is 379 g/mol. The molecule has 0 spiro atoms. The van der Waals surface area contributed by atoms with Crippen LogP contribution in [0.15, 0.2) is 39.8 Å². The molecule has 2 aromatic rings. The first-order valence-electron chi connectivity index (χ1n) is 6.86. The molecular formula is C17H18BrNO4. The molecule has 1 N–H and O–H groups in total. The number of rotatable bonds is 6. The van der Waals surface area contributed by atoms with Crippen LogP contribution in [0, 0.1) is 0 Å². The van der Waals surface area contributed by atoms with Crippen LogP contribution in [-0.2, 0) is 6.54 Å². The number of nitrogens with zero attached hydrogens (tertiary/aromatic N) is 1. The summed E-state index contributed by atoms with van der Waals surface area (Å²) in [5, 5.41) is 9.81. The van der Waals surface area contributed by atoms with Crippen molar-refractivity contribution in [2.75, 3.05) is 21.3 Å². The van der Waals surface area contributed by atoms with E-state index in [9.17, 15) is 5.11 Å². The minimum atomic E-state index is 0.177. The van der Waals surface area contributed by atoms with Gasteiger partial charge in [0, 0.05) is 27.9 Å². The first-order valence-corrected chi connectivity index (χ1v) is 7.65. The van der Waals surface area contributed by atoms with Gasteiger partial charge in [-0.2, -0.15) is 0 Å². The van der Waals surface area contributed by atoms with Crippen LogP contribution in [0.1, 0.15) is 11.1 Å². The topological polar surface area (TPSA) is 60.3 Å². The van der Waals surface area contributed by atoms with Gasteiger partial charge in [-0.25, -0.2) is 0 Å². The van der Waals surface area contributed by atoms with Crippen molar-refractivity contribution in [1.82, 2.24) is 0 Å². The number of aliphatic imine (C=N–C) groups is 1. The van der Waals surface area contributed by atoms with E-state index in [2.05, 4.69) is 20.9 Å². The number of ether oxygens (including phenoxy) is 3. The lowest BCUT2D eigenvalue weighted by Crippen LogP contribution is -1.97. The summed E-state index contributed by atoms with van der Waals surface area (Å²) in [7, 11) is 4.75. The molecule has 2 aromatic carbocycles. The van der Waals surface area contributed by atoms with Crippen LogP contribution in [0.5, 0.6) is 23.0 Å². The van der Waals surface area contributed by atoms with Crippen molar-refractivity contribution in [2.24, 2.45) is 4.99 Å². The second-order valence-corrected chi connectivity index (χ2v) is 5.61. The van der Waals surface area contributed by atoms with Gasteiger partial charge in [0.1, 0.15) is 11.5 Å². The van der Waals surface area contributed by atoms with Gasteiger partial charge in [-0.05, 0) is 24.3 Å². The third-order valence-corrected chi connectivity index (χ3v) is 3.76. The molecule has 2 rings (SSSR count). The number of benzene rings is 2. The first kappa shape index (κ1) is 17.1. The fraction of sp³-hybridized carbons (Fsp3) is 0.235. The molecule has 0 atom stereocenters. The quantitative estimate of drug-likeness (QED) is 0.775. The highest BCUT2D eigenvalue weighted by Crippen LogP contribution is 2.35. The van der Waals surface area contributed by atoms with Crippen molar-refractivity contribution < 1.29 is 19.3 Å². The second-order valence-electron chi connectivity index (χ2n) is 4.69. The largest absolute Gasteiger partial charge is 0.507 e. The Bertz CT molecular complexity index is 716. The lowest BCUT2D eigenvalue weighted by atomic mass is 10.1. The Kier molecular flexibility index (Phi) is 5.87. The number of phenols is 1. The zero-order chi connectivity index (χ0) is 16.8. The Labute approximate surface area is 143 Å². The Hall–Kier alpha value is -2.21. The molecule has 0 amide bonds. The normalized spacial score (nSPS) is 10.8. The Balaban J connectivity index is 2.25. The number of phenolic OH excluding ortho intramolecular Hbond substituents is 1. The van der Waals surface area contributed by atoms with Gasteiger partial charge < -0.3 is 19.3 Å². The average molecular weight is 380 g/mol. The van der Waals surface area contributed by atoms with Crippen LogP contribution in [0.3, 0.4) is 0 Å². The summed E-state index contributed by atoms with van der Waals surface area (Å²) >= 11 is 3.37. The predicted octanol–water partition coefficient (Wildman–Crippen LogP) is 3.80. The van der Waals surface area contributed by atoms with Gasteiger partial charge in [0.05, 0.1) is 27.9 Å².